The summed E-state index contributed by atoms with van der Waals surface area (Å²) in [6.07, 6.45) is 3.46. The summed E-state index contributed by atoms with van der Waals surface area (Å²) in [7, 11) is 0. The largest absolute Gasteiger partial charge is 0.355 e. The third-order valence-corrected chi connectivity index (χ3v) is 5.53. The number of nitrogens with one attached hydrogen (secondary N) is 1. The van der Waals surface area contributed by atoms with Crippen molar-refractivity contribution in [3.05, 3.63) is 131 Å². The number of hydrogen-bond donors (Lipinski definition) is 1. The predicted octanol–water partition coefficient (Wildman–Crippen LogP) is 5.48. The summed E-state index contributed by atoms with van der Waals surface area (Å²) in [5.74, 6) is 0.676. The third kappa shape index (κ3) is 3.76. The van der Waals surface area contributed by atoms with Crippen LogP contribution in [0.3, 0.4) is 0 Å². The van der Waals surface area contributed by atoms with Crippen LogP contribution in [-0.4, -0.2) is 14.5 Å². The minimum absolute atomic E-state index is 0.0661. The van der Waals surface area contributed by atoms with Gasteiger partial charge in [-0.15, -0.1) is 0 Å². The first-order valence-corrected chi connectivity index (χ1v) is 10.5. The van der Waals surface area contributed by atoms with Gasteiger partial charge in [0.15, 0.2) is 0 Å². The molecule has 0 unspecified atom stereocenters. The van der Waals surface area contributed by atoms with Crippen LogP contribution in [0.5, 0.6) is 0 Å². The molecule has 0 fully saturated rings. The lowest BCUT2D eigenvalue weighted by Gasteiger charge is -2.23. The topological polar surface area (TPSA) is 59.8 Å². The molecule has 3 aromatic carbocycles. The van der Waals surface area contributed by atoms with Crippen LogP contribution < -0.4 is 10.9 Å². The Morgan fingerprint density at radius 2 is 1.41 bits per heavy atom. The number of anilines is 2. The van der Waals surface area contributed by atoms with E-state index in [2.05, 4.69) is 34.6 Å². The summed E-state index contributed by atoms with van der Waals surface area (Å²) in [4.78, 5) is 22.7. The van der Waals surface area contributed by atoms with Crippen molar-refractivity contribution in [2.45, 2.75) is 13.0 Å². The molecule has 0 aliphatic heterocycles. The van der Waals surface area contributed by atoms with Gasteiger partial charge in [0.1, 0.15) is 5.82 Å². The Kier molecular flexibility index (Phi) is 5.22. The molecule has 0 spiro atoms. The minimum atomic E-state index is -0.265. The van der Waals surface area contributed by atoms with E-state index in [0.29, 0.717) is 16.7 Å². The highest BCUT2D eigenvalue weighted by molar-refractivity contribution is 5.82. The number of aromatic nitrogens is 3. The quantitative estimate of drug-likeness (QED) is 0.410. The van der Waals surface area contributed by atoms with Crippen LogP contribution in [0.25, 0.3) is 10.9 Å². The van der Waals surface area contributed by atoms with Gasteiger partial charge < -0.3 is 5.32 Å². The van der Waals surface area contributed by atoms with Gasteiger partial charge in [0.2, 0.25) is 0 Å². The second kappa shape index (κ2) is 8.47. The molecule has 5 heteroatoms. The molecule has 0 radical (unpaired) electrons. The van der Waals surface area contributed by atoms with E-state index in [4.69, 9.17) is 4.98 Å². The fourth-order valence-corrected chi connectivity index (χ4v) is 4.05. The molecule has 0 saturated heterocycles. The van der Waals surface area contributed by atoms with Gasteiger partial charge in [-0.25, -0.2) is 4.98 Å². The normalized spacial score (nSPS) is 11.1. The fraction of sp³-hybridized carbons (Fsp3) is 0.0741. The molecule has 0 aliphatic carbocycles. The van der Waals surface area contributed by atoms with Crippen molar-refractivity contribution in [1.82, 2.24) is 14.5 Å². The van der Waals surface area contributed by atoms with Crippen LogP contribution in [0.1, 0.15) is 23.0 Å². The lowest BCUT2D eigenvalue weighted by molar-refractivity contribution is 0.620. The molecule has 0 aliphatic rings. The van der Waals surface area contributed by atoms with E-state index < -0.39 is 0 Å². The highest BCUT2D eigenvalue weighted by Gasteiger charge is 2.21. The second-order valence-corrected chi connectivity index (χ2v) is 7.65. The Hall–Kier alpha value is -4.25. The van der Waals surface area contributed by atoms with Crippen LogP contribution in [0.4, 0.5) is 11.4 Å². The average Bonchev–Trinajstić information content (AvgIpc) is 2.84. The molecule has 0 atom stereocenters. The first-order chi connectivity index (χ1) is 15.7. The molecule has 32 heavy (non-hydrogen) atoms. The molecule has 2 aromatic heterocycles. The molecule has 2 heterocycles. The van der Waals surface area contributed by atoms with E-state index in [0.717, 1.165) is 22.5 Å². The van der Waals surface area contributed by atoms with Gasteiger partial charge in [-0.3, -0.25) is 14.3 Å². The second-order valence-electron chi connectivity index (χ2n) is 7.65. The van der Waals surface area contributed by atoms with Crippen molar-refractivity contribution in [2.75, 3.05) is 5.32 Å². The average molecular weight is 419 g/mol. The molecular weight excluding hydrogens is 396 g/mol. The number of hydrogen-bond acceptors (Lipinski definition) is 4. The number of rotatable bonds is 5. The van der Waals surface area contributed by atoms with Crippen molar-refractivity contribution >= 4 is 22.3 Å². The summed E-state index contributed by atoms with van der Waals surface area (Å²) in [6.45, 7) is 1.89. The lowest BCUT2D eigenvalue weighted by atomic mass is 9.98. The lowest BCUT2D eigenvalue weighted by Crippen LogP contribution is -2.29. The van der Waals surface area contributed by atoms with Gasteiger partial charge in [0.25, 0.3) is 5.56 Å². The van der Waals surface area contributed by atoms with Gasteiger partial charge in [0.05, 0.1) is 16.9 Å². The Labute approximate surface area is 186 Å². The number of nitrogens with zero attached hydrogens (tertiary/aromatic N) is 3. The SMILES string of the molecule is Cc1nc2ccc(Nc3ccncc3)cc2c(=O)n1C(c1ccccc1)c1ccccc1. The van der Waals surface area contributed by atoms with Crippen molar-refractivity contribution < 1.29 is 0 Å². The van der Waals surface area contributed by atoms with Gasteiger partial charge in [0, 0.05) is 23.8 Å². The summed E-state index contributed by atoms with van der Waals surface area (Å²) in [5, 5.41) is 3.91. The van der Waals surface area contributed by atoms with Crippen LogP contribution in [0.2, 0.25) is 0 Å². The highest BCUT2D eigenvalue weighted by Crippen LogP contribution is 2.27. The maximum absolute atomic E-state index is 13.8. The van der Waals surface area contributed by atoms with Crippen LogP contribution in [-0.2, 0) is 0 Å². The molecule has 5 nitrogen and oxygen atoms in total. The number of fused-ring (bicyclic) bond motifs is 1. The first kappa shape index (κ1) is 19.7. The number of benzene rings is 3. The van der Waals surface area contributed by atoms with Gasteiger partial charge >= 0.3 is 0 Å². The van der Waals surface area contributed by atoms with Crippen molar-refractivity contribution in [3.63, 3.8) is 0 Å². The van der Waals surface area contributed by atoms with E-state index in [1.54, 1.807) is 17.0 Å². The maximum Gasteiger partial charge on any atom is 0.262 e. The maximum atomic E-state index is 13.8. The zero-order valence-electron chi connectivity index (χ0n) is 17.6. The van der Waals surface area contributed by atoms with Crippen molar-refractivity contribution in [3.8, 4) is 0 Å². The summed E-state index contributed by atoms with van der Waals surface area (Å²) in [6, 6.07) is 29.4. The van der Waals surface area contributed by atoms with Gasteiger partial charge in [-0.05, 0) is 48.4 Å². The standard InChI is InChI=1S/C27H22N4O/c1-19-29-25-13-12-23(30-22-14-16-28-17-15-22)18-24(25)27(32)31(19)26(20-8-4-2-5-9-20)21-10-6-3-7-11-21/h2-18,26H,1H3,(H,28,30). The fourth-order valence-electron chi connectivity index (χ4n) is 4.05. The summed E-state index contributed by atoms with van der Waals surface area (Å²) < 4.78 is 1.79. The Morgan fingerprint density at radius 1 is 0.781 bits per heavy atom. The molecule has 5 rings (SSSR count). The van der Waals surface area contributed by atoms with E-state index in [9.17, 15) is 4.79 Å². The Bertz CT molecular complexity index is 1380. The molecule has 0 amide bonds. The molecule has 5 aromatic rings. The summed E-state index contributed by atoms with van der Waals surface area (Å²) in [5.41, 5.74) is 4.43. The molecular formula is C27H22N4O. The van der Waals surface area contributed by atoms with E-state index in [1.807, 2.05) is 73.7 Å². The van der Waals surface area contributed by atoms with Crippen molar-refractivity contribution in [2.24, 2.45) is 0 Å². The molecule has 156 valence electrons. The summed E-state index contributed by atoms with van der Waals surface area (Å²) >= 11 is 0. The van der Waals surface area contributed by atoms with Crippen molar-refractivity contribution in [1.29, 1.82) is 0 Å². The molecule has 0 bridgehead atoms. The first-order valence-electron chi connectivity index (χ1n) is 10.5. The smallest absolute Gasteiger partial charge is 0.262 e. The van der Waals surface area contributed by atoms with E-state index >= 15 is 0 Å². The zero-order valence-corrected chi connectivity index (χ0v) is 17.6. The minimum Gasteiger partial charge on any atom is -0.355 e. The highest BCUT2D eigenvalue weighted by atomic mass is 16.1. The third-order valence-electron chi connectivity index (χ3n) is 5.53. The van der Waals surface area contributed by atoms with E-state index in [1.165, 1.54) is 0 Å². The predicted molar refractivity (Wildman–Crippen MR) is 128 cm³/mol. The Balaban J connectivity index is 1.69. The van der Waals surface area contributed by atoms with Crippen LogP contribution in [0, 0.1) is 6.92 Å². The molecule has 1 N–H and O–H groups in total. The van der Waals surface area contributed by atoms with Crippen LogP contribution >= 0.6 is 0 Å². The molecule has 0 saturated carbocycles. The monoisotopic (exact) mass is 418 g/mol. The Morgan fingerprint density at radius 3 is 2.03 bits per heavy atom. The van der Waals surface area contributed by atoms with Crippen LogP contribution in [0.15, 0.2) is 108 Å². The van der Waals surface area contributed by atoms with E-state index in [-0.39, 0.29) is 11.6 Å². The van der Waals surface area contributed by atoms with Gasteiger partial charge in [-0.2, -0.15) is 0 Å². The van der Waals surface area contributed by atoms with Gasteiger partial charge in [-0.1, -0.05) is 60.7 Å². The zero-order chi connectivity index (χ0) is 21.9. The number of pyridine rings is 1. The number of aryl methyl sites for hydroxylation is 1.